The van der Waals surface area contributed by atoms with Crippen molar-refractivity contribution in [3.63, 3.8) is 0 Å². The second-order valence-corrected chi connectivity index (χ2v) is 6.05. The standard InChI is InChI=1S/C20H15F3N4O3/c21-20(22,23)16-8-9-19(24-12-16)26-25-11-15-5-1-2-7-18(15)30-13-14-4-3-6-17(10-14)27(28)29/h1-12H,13H2,(H,24,26)/b25-11-. The fraction of sp³-hybridized carbons (Fsp3) is 0.100. The van der Waals surface area contributed by atoms with Crippen molar-refractivity contribution in [3.05, 3.63) is 93.7 Å². The number of nitro groups is 1. The van der Waals surface area contributed by atoms with Gasteiger partial charge in [-0.15, -0.1) is 0 Å². The third-order valence-corrected chi connectivity index (χ3v) is 3.91. The highest BCUT2D eigenvalue weighted by molar-refractivity contribution is 5.83. The number of rotatable bonds is 7. The number of pyridine rings is 1. The Morgan fingerprint density at radius 3 is 2.63 bits per heavy atom. The van der Waals surface area contributed by atoms with Gasteiger partial charge in [0.05, 0.1) is 16.7 Å². The first-order chi connectivity index (χ1) is 14.3. The molecule has 1 aromatic heterocycles. The minimum absolute atomic E-state index is 0.0285. The van der Waals surface area contributed by atoms with E-state index in [2.05, 4.69) is 15.5 Å². The third-order valence-electron chi connectivity index (χ3n) is 3.91. The first-order valence-electron chi connectivity index (χ1n) is 8.60. The summed E-state index contributed by atoms with van der Waals surface area (Å²) in [6.45, 7) is 0.112. The monoisotopic (exact) mass is 416 g/mol. The lowest BCUT2D eigenvalue weighted by Gasteiger charge is -2.09. The van der Waals surface area contributed by atoms with Crippen LogP contribution in [0.3, 0.4) is 0 Å². The van der Waals surface area contributed by atoms with Crippen LogP contribution in [0.15, 0.2) is 72.0 Å². The molecule has 0 spiro atoms. The van der Waals surface area contributed by atoms with Gasteiger partial charge in [-0.2, -0.15) is 18.3 Å². The predicted molar refractivity (Wildman–Crippen MR) is 104 cm³/mol. The predicted octanol–water partition coefficient (Wildman–Crippen LogP) is 5.03. The number of alkyl halides is 3. The maximum Gasteiger partial charge on any atom is 0.417 e. The van der Waals surface area contributed by atoms with E-state index < -0.39 is 16.7 Å². The number of ether oxygens (including phenoxy) is 1. The number of aromatic nitrogens is 1. The van der Waals surface area contributed by atoms with Crippen molar-refractivity contribution in [1.82, 2.24) is 4.98 Å². The van der Waals surface area contributed by atoms with Crippen molar-refractivity contribution in [1.29, 1.82) is 0 Å². The van der Waals surface area contributed by atoms with Crippen molar-refractivity contribution >= 4 is 17.7 Å². The maximum absolute atomic E-state index is 12.6. The topological polar surface area (TPSA) is 89.7 Å². The van der Waals surface area contributed by atoms with Crippen molar-refractivity contribution in [2.45, 2.75) is 12.8 Å². The van der Waals surface area contributed by atoms with E-state index >= 15 is 0 Å². The molecule has 7 nitrogen and oxygen atoms in total. The number of anilines is 1. The van der Waals surface area contributed by atoms with Gasteiger partial charge < -0.3 is 4.74 Å². The van der Waals surface area contributed by atoms with Crippen LogP contribution in [0.1, 0.15) is 16.7 Å². The van der Waals surface area contributed by atoms with Crippen LogP contribution in [-0.4, -0.2) is 16.1 Å². The summed E-state index contributed by atoms with van der Waals surface area (Å²) < 4.78 is 43.4. The lowest BCUT2D eigenvalue weighted by molar-refractivity contribution is -0.384. The Morgan fingerprint density at radius 2 is 1.93 bits per heavy atom. The van der Waals surface area contributed by atoms with Gasteiger partial charge in [-0.3, -0.25) is 15.5 Å². The van der Waals surface area contributed by atoms with Crippen LogP contribution in [0.5, 0.6) is 5.75 Å². The smallest absolute Gasteiger partial charge is 0.417 e. The van der Waals surface area contributed by atoms with E-state index in [-0.39, 0.29) is 18.1 Å². The van der Waals surface area contributed by atoms with Crippen LogP contribution in [0.4, 0.5) is 24.7 Å². The molecule has 10 heteroatoms. The summed E-state index contributed by atoms with van der Waals surface area (Å²) in [5.41, 5.74) is 2.90. The lowest BCUT2D eigenvalue weighted by atomic mass is 10.2. The van der Waals surface area contributed by atoms with Crippen LogP contribution in [0, 0.1) is 10.1 Å². The number of nitro benzene ring substituents is 1. The van der Waals surface area contributed by atoms with Gasteiger partial charge in [0.1, 0.15) is 18.2 Å². The molecule has 0 radical (unpaired) electrons. The Balaban J connectivity index is 1.65. The van der Waals surface area contributed by atoms with Gasteiger partial charge in [0.15, 0.2) is 0 Å². The molecule has 0 saturated heterocycles. The molecule has 154 valence electrons. The lowest BCUT2D eigenvalue weighted by Crippen LogP contribution is -2.05. The van der Waals surface area contributed by atoms with Crippen molar-refractivity contribution in [2.24, 2.45) is 5.10 Å². The molecule has 0 fully saturated rings. The normalized spacial score (nSPS) is 11.4. The fourth-order valence-corrected chi connectivity index (χ4v) is 2.44. The van der Waals surface area contributed by atoms with Gasteiger partial charge in [0.2, 0.25) is 0 Å². The van der Waals surface area contributed by atoms with Gasteiger partial charge >= 0.3 is 6.18 Å². The van der Waals surface area contributed by atoms with Gasteiger partial charge in [0, 0.05) is 23.9 Å². The maximum atomic E-state index is 12.6. The fourth-order valence-electron chi connectivity index (χ4n) is 2.44. The molecule has 0 atom stereocenters. The number of non-ortho nitro benzene ring substituents is 1. The Labute approximate surface area is 169 Å². The number of nitrogens with zero attached hydrogens (tertiary/aromatic N) is 3. The van der Waals surface area contributed by atoms with E-state index in [0.29, 0.717) is 23.1 Å². The highest BCUT2D eigenvalue weighted by Gasteiger charge is 2.30. The number of benzene rings is 2. The summed E-state index contributed by atoms with van der Waals surface area (Å²) in [4.78, 5) is 14.0. The first kappa shape index (κ1) is 20.8. The molecule has 1 heterocycles. The Hall–Kier alpha value is -3.95. The second-order valence-electron chi connectivity index (χ2n) is 6.05. The minimum atomic E-state index is -4.45. The molecule has 2 aromatic carbocycles. The van der Waals surface area contributed by atoms with Crippen LogP contribution in [-0.2, 0) is 12.8 Å². The number of nitrogens with one attached hydrogen (secondary N) is 1. The number of hydrogen-bond donors (Lipinski definition) is 1. The molecule has 0 amide bonds. The first-order valence-corrected chi connectivity index (χ1v) is 8.60. The number of hydrazone groups is 1. The second kappa shape index (κ2) is 9.03. The zero-order chi connectivity index (χ0) is 21.6. The van der Waals surface area contributed by atoms with Crippen LogP contribution < -0.4 is 10.2 Å². The number of halogens is 3. The average Bonchev–Trinajstić information content (AvgIpc) is 2.73. The van der Waals surface area contributed by atoms with Crippen LogP contribution >= 0.6 is 0 Å². The molecule has 0 aliphatic carbocycles. The molecule has 0 aliphatic heterocycles. The summed E-state index contributed by atoms with van der Waals surface area (Å²) in [6, 6.07) is 15.1. The third kappa shape index (κ3) is 5.53. The zero-order valence-corrected chi connectivity index (χ0v) is 15.3. The minimum Gasteiger partial charge on any atom is -0.488 e. The Bertz CT molecular complexity index is 1050. The highest BCUT2D eigenvalue weighted by atomic mass is 19.4. The van der Waals surface area contributed by atoms with Gasteiger partial charge in [-0.05, 0) is 29.8 Å². The van der Waals surface area contributed by atoms with Crippen LogP contribution in [0.2, 0.25) is 0 Å². The van der Waals surface area contributed by atoms with E-state index in [1.807, 2.05) is 0 Å². The van der Waals surface area contributed by atoms with Gasteiger partial charge in [0.25, 0.3) is 5.69 Å². The van der Waals surface area contributed by atoms with E-state index in [0.717, 1.165) is 6.07 Å². The SMILES string of the molecule is O=[N+]([O-])c1cccc(COc2ccccc2/C=N\Nc2ccc(C(F)(F)F)cn2)c1. The molecule has 0 saturated carbocycles. The summed E-state index contributed by atoms with van der Waals surface area (Å²) in [5, 5.41) is 14.8. The number of hydrogen-bond acceptors (Lipinski definition) is 6. The summed E-state index contributed by atoms with van der Waals surface area (Å²) in [5.74, 6) is 0.629. The Kier molecular flexibility index (Phi) is 6.26. The van der Waals surface area contributed by atoms with Crippen molar-refractivity contribution in [3.8, 4) is 5.75 Å². The van der Waals surface area contributed by atoms with Crippen LogP contribution in [0.25, 0.3) is 0 Å². The van der Waals surface area contributed by atoms with Gasteiger partial charge in [-0.1, -0.05) is 24.3 Å². The quantitative estimate of drug-likeness (QED) is 0.331. The molecule has 3 rings (SSSR count). The van der Waals surface area contributed by atoms with E-state index in [1.54, 1.807) is 36.4 Å². The highest BCUT2D eigenvalue weighted by Crippen LogP contribution is 2.28. The molecular weight excluding hydrogens is 401 g/mol. The number of para-hydroxylation sites is 1. The summed E-state index contributed by atoms with van der Waals surface area (Å²) in [7, 11) is 0. The van der Waals surface area contributed by atoms with Gasteiger partial charge in [-0.25, -0.2) is 4.98 Å². The average molecular weight is 416 g/mol. The molecule has 0 bridgehead atoms. The van der Waals surface area contributed by atoms with E-state index in [1.165, 1.54) is 24.4 Å². The summed E-state index contributed by atoms with van der Waals surface area (Å²) >= 11 is 0. The van der Waals surface area contributed by atoms with E-state index in [9.17, 15) is 23.3 Å². The Morgan fingerprint density at radius 1 is 1.13 bits per heavy atom. The molecule has 1 N–H and O–H groups in total. The van der Waals surface area contributed by atoms with Crippen molar-refractivity contribution in [2.75, 3.05) is 5.43 Å². The molecule has 30 heavy (non-hydrogen) atoms. The molecule has 3 aromatic rings. The molecule has 0 unspecified atom stereocenters. The largest absolute Gasteiger partial charge is 0.488 e. The van der Waals surface area contributed by atoms with E-state index in [4.69, 9.17) is 4.74 Å². The molecular formula is C20H15F3N4O3. The zero-order valence-electron chi connectivity index (χ0n) is 15.3. The summed E-state index contributed by atoms with van der Waals surface area (Å²) in [6.07, 6.45) is -2.31. The molecule has 0 aliphatic rings. The van der Waals surface area contributed by atoms with Crippen molar-refractivity contribution < 1.29 is 22.8 Å².